The number of amides is 2. The van der Waals surface area contributed by atoms with Gasteiger partial charge in [0.2, 0.25) is 11.8 Å². The van der Waals surface area contributed by atoms with Crippen LogP contribution in [0.15, 0.2) is 12.1 Å². The van der Waals surface area contributed by atoms with E-state index in [1.165, 1.54) is 24.8 Å². The minimum Gasteiger partial charge on any atom is -0.324 e. The molecule has 0 atom stereocenters. The van der Waals surface area contributed by atoms with Crippen LogP contribution in [0.25, 0.3) is 0 Å². The summed E-state index contributed by atoms with van der Waals surface area (Å²) in [5.41, 5.74) is 1.00. The van der Waals surface area contributed by atoms with E-state index >= 15 is 0 Å². The van der Waals surface area contributed by atoms with Gasteiger partial charge in [-0.2, -0.15) is 0 Å². The topological polar surface area (TPSA) is 49.4 Å². The first kappa shape index (κ1) is 14.8. The van der Waals surface area contributed by atoms with Crippen molar-refractivity contribution in [3.8, 4) is 0 Å². The molecule has 0 aliphatic carbocycles. The van der Waals surface area contributed by atoms with E-state index in [0.717, 1.165) is 0 Å². The Labute approximate surface area is 116 Å². The van der Waals surface area contributed by atoms with Gasteiger partial charge in [0.05, 0.1) is 21.4 Å². The first-order chi connectivity index (χ1) is 8.36. The molecule has 0 unspecified atom stereocenters. The number of hydrogen-bond acceptors (Lipinski definition) is 2. The van der Waals surface area contributed by atoms with E-state index < -0.39 is 0 Å². The molecule has 0 radical (unpaired) electrons. The van der Waals surface area contributed by atoms with Crippen LogP contribution in [-0.4, -0.2) is 18.4 Å². The first-order valence-electron chi connectivity index (χ1n) is 5.41. The van der Waals surface area contributed by atoms with Crippen LogP contribution < -0.4 is 10.2 Å². The molecule has 1 N–H and O–H groups in total. The van der Waals surface area contributed by atoms with Crippen LogP contribution in [0, 0.1) is 0 Å². The van der Waals surface area contributed by atoms with Gasteiger partial charge in [-0.3, -0.25) is 9.59 Å². The lowest BCUT2D eigenvalue weighted by atomic mass is 10.2. The lowest BCUT2D eigenvalue weighted by Gasteiger charge is -2.23. The predicted molar refractivity (Wildman–Crippen MR) is 74.5 cm³/mol. The number of nitrogens with one attached hydrogen (secondary N) is 1. The van der Waals surface area contributed by atoms with Gasteiger partial charge in [-0.15, -0.1) is 0 Å². The number of benzene rings is 1. The Balaban J connectivity index is 3.34. The molecule has 6 heteroatoms. The summed E-state index contributed by atoms with van der Waals surface area (Å²) in [7, 11) is 0. The molecule has 0 aliphatic heterocycles. The van der Waals surface area contributed by atoms with E-state index in [9.17, 15) is 9.59 Å². The summed E-state index contributed by atoms with van der Waals surface area (Å²) in [5.74, 6) is -0.378. The van der Waals surface area contributed by atoms with E-state index in [2.05, 4.69) is 5.32 Å². The van der Waals surface area contributed by atoms with Crippen molar-refractivity contribution in [1.82, 2.24) is 0 Å². The highest BCUT2D eigenvalue weighted by atomic mass is 35.5. The zero-order chi connectivity index (χ0) is 13.9. The highest BCUT2D eigenvalue weighted by Gasteiger charge is 2.16. The largest absolute Gasteiger partial charge is 0.324 e. The second-order valence-corrected chi connectivity index (χ2v) is 4.54. The van der Waals surface area contributed by atoms with Crippen LogP contribution in [0.2, 0.25) is 10.0 Å². The third-order valence-electron chi connectivity index (χ3n) is 2.34. The van der Waals surface area contributed by atoms with Gasteiger partial charge in [0.15, 0.2) is 0 Å². The average molecular weight is 289 g/mol. The monoisotopic (exact) mass is 288 g/mol. The van der Waals surface area contributed by atoms with Gasteiger partial charge in [0.1, 0.15) is 0 Å². The zero-order valence-electron chi connectivity index (χ0n) is 10.4. The summed E-state index contributed by atoms with van der Waals surface area (Å²) < 4.78 is 0. The highest BCUT2D eigenvalue weighted by Crippen LogP contribution is 2.35. The minimum atomic E-state index is -0.241. The van der Waals surface area contributed by atoms with Gasteiger partial charge in [-0.25, -0.2) is 0 Å². The normalized spacial score (nSPS) is 10.1. The third-order valence-corrected chi connectivity index (χ3v) is 3.06. The molecule has 98 valence electrons. The smallest absolute Gasteiger partial charge is 0.223 e. The SMILES string of the molecule is CCN(C(C)=O)c1cc(Cl)c(Cl)cc1NC(C)=O. The molecule has 0 fully saturated rings. The van der Waals surface area contributed by atoms with Crippen LogP contribution in [0.5, 0.6) is 0 Å². The molecule has 0 heterocycles. The Bertz CT molecular complexity index is 489. The molecule has 0 aromatic heterocycles. The second kappa shape index (κ2) is 6.07. The maximum atomic E-state index is 11.5. The molecule has 1 aromatic rings. The average Bonchev–Trinajstić information content (AvgIpc) is 2.24. The molecule has 2 amide bonds. The lowest BCUT2D eigenvalue weighted by Crippen LogP contribution is -2.29. The Morgan fingerprint density at radius 1 is 1.22 bits per heavy atom. The lowest BCUT2D eigenvalue weighted by molar-refractivity contribution is -0.116. The summed E-state index contributed by atoms with van der Waals surface area (Å²) in [4.78, 5) is 24.2. The van der Waals surface area contributed by atoms with Crippen LogP contribution in [-0.2, 0) is 9.59 Å². The molecule has 1 aromatic carbocycles. The molecule has 0 saturated heterocycles. The first-order valence-corrected chi connectivity index (χ1v) is 6.17. The van der Waals surface area contributed by atoms with Crippen molar-refractivity contribution in [1.29, 1.82) is 0 Å². The van der Waals surface area contributed by atoms with E-state index in [4.69, 9.17) is 23.2 Å². The van der Waals surface area contributed by atoms with Gasteiger partial charge in [0.25, 0.3) is 0 Å². The maximum absolute atomic E-state index is 11.5. The van der Waals surface area contributed by atoms with Crippen molar-refractivity contribution in [2.24, 2.45) is 0 Å². The van der Waals surface area contributed by atoms with Crippen molar-refractivity contribution in [2.45, 2.75) is 20.8 Å². The Morgan fingerprint density at radius 3 is 2.22 bits per heavy atom. The Hall–Kier alpha value is -1.26. The number of nitrogens with zero attached hydrogens (tertiary/aromatic N) is 1. The highest BCUT2D eigenvalue weighted by molar-refractivity contribution is 6.42. The van der Waals surface area contributed by atoms with Crippen LogP contribution in [0.3, 0.4) is 0 Å². The van der Waals surface area contributed by atoms with Gasteiger partial charge >= 0.3 is 0 Å². The number of carbonyl (C=O) groups is 2. The molecule has 4 nitrogen and oxygen atoms in total. The Morgan fingerprint density at radius 2 is 1.78 bits per heavy atom. The van der Waals surface area contributed by atoms with Crippen molar-refractivity contribution in [3.63, 3.8) is 0 Å². The maximum Gasteiger partial charge on any atom is 0.223 e. The van der Waals surface area contributed by atoms with Crippen LogP contribution >= 0.6 is 23.2 Å². The Kier molecular flexibility index (Phi) is 4.99. The minimum absolute atomic E-state index is 0.137. The van der Waals surface area contributed by atoms with E-state index in [0.29, 0.717) is 28.0 Å². The summed E-state index contributed by atoms with van der Waals surface area (Å²) in [6.07, 6.45) is 0. The number of anilines is 2. The summed E-state index contributed by atoms with van der Waals surface area (Å²) in [6, 6.07) is 3.10. The van der Waals surface area contributed by atoms with E-state index in [1.54, 1.807) is 6.07 Å². The molecule has 0 aliphatic rings. The van der Waals surface area contributed by atoms with E-state index in [-0.39, 0.29) is 11.8 Å². The van der Waals surface area contributed by atoms with Gasteiger partial charge in [-0.1, -0.05) is 23.2 Å². The molecular formula is C12H14Cl2N2O2. The molecule has 0 saturated carbocycles. The van der Waals surface area contributed by atoms with Crippen molar-refractivity contribution in [2.75, 3.05) is 16.8 Å². The quantitative estimate of drug-likeness (QED) is 0.928. The van der Waals surface area contributed by atoms with Crippen molar-refractivity contribution < 1.29 is 9.59 Å². The zero-order valence-corrected chi connectivity index (χ0v) is 11.9. The van der Waals surface area contributed by atoms with Gasteiger partial charge in [-0.05, 0) is 19.1 Å². The van der Waals surface area contributed by atoms with Gasteiger partial charge in [0, 0.05) is 20.4 Å². The van der Waals surface area contributed by atoms with Crippen LogP contribution in [0.4, 0.5) is 11.4 Å². The summed E-state index contributed by atoms with van der Waals surface area (Å²) >= 11 is 11.9. The van der Waals surface area contributed by atoms with Gasteiger partial charge < -0.3 is 10.2 Å². The fourth-order valence-electron chi connectivity index (χ4n) is 1.61. The molecule has 1 rings (SSSR count). The second-order valence-electron chi connectivity index (χ2n) is 3.73. The fourth-order valence-corrected chi connectivity index (χ4v) is 1.93. The molecule has 0 bridgehead atoms. The predicted octanol–water partition coefficient (Wildman–Crippen LogP) is 3.32. The number of carbonyl (C=O) groups excluding carboxylic acids is 2. The van der Waals surface area contributed by atoms with Crippen LogP contribution in [0.1, 0.15) is 20.8 Å². The van der Waals surface area contributed by atoms with Crippen molar-refractivity contribution >= 4 is 46.4 Å². The van der Waals surface area contributed by atoms with Crippen molar-refractivity contribution in [3.05, 3.63) is 22.2 Å². The number of halogens is 2. The third kappa shape index (κ3) is 3.37. The molecule has 0 spiro atoms. The molecule has 18 heavy (non-hydrogen) atoms. The number of hydrogen-bond donors (Lipinski definition) is 1. The summed E-state index contributed by atoms with van der Waals surface area (Å²) in [6.45, 7) is 5.14. The summed E-state index contributed by atoms with van der Waals surface area (Å²) in [5, 5.41) is 3.29. The standard InChI is InChI=1S/C12H14Cl2N2O2/c1-4-16(8(3)18)12-6-10(14)9(13)5-11(12)15-7(2)17/h5-6H,4H2,1-3H3,(H,15,17). The fraction of sp³-hybridized carbons (Fsp3) is 0.333. The van der Waals surface area contributed by atoms with E-state index in [1.807, 2.05) is 6.92 Å². The molecular weight excluding hydrogens is 275 g/mol. The number of rotatable bonds is 3.